The molecule has 0 saturated carbocycles. The van der Waals surface area contributed by atoms with E-state index in [1.165, 1.54) is 9.47 Å². The van der Waals surface area contributed by atoms with Gasteiger partial charge in [0, 0.05) is 0 Å². The van der Waals surface area contributed by atoms with Gasteiger partial charge in [-0.15, -0.1) is 13.2 Å². The van der Waals surface area contributed by atoms with E-state index < -0.39 is 36.8 Å². The van der Waals surface area contributed by atoms with Crippen LogP contribution in [-0.2, 0) is 9.47 Å². The van der Waals surface area contributed by atoms with E-state index in [1.54, 1.807) is 0 Å². The first-order chi connectivity index (χ1) is 9.16. The Morgan fingerprint density at radius 2 is 0.818 bits per heavy atom. The molecule has 0 N–H and O–H groups in total. The highest BCUT2D eigenvalue weighted by Crippen LogP contribution is 2.52. The molecule has 0 bridgehead atoms. The molecule has 0 fully saturated rings. The minimum atomic E-state index is -7.46. The average Bonchev–Trinajstić information content (AvgIpc) is 2.08. The van der Waals surface area contributed by atoms with E-state index in [-0.39, 0.29) is 0 Å². The molecule has 0 aromatic heterocycles. The molecule has 0 spiro atoms. The molecule has 2 nitrogen and oxygen atoms in total. The van der Waals surface area contributed by atoms with Crippen molar-refractivity contribution >= 4 is 0 Å². The van der Waals surface area contributed by atoms with Crippen LogP contribution < -0.4 is 0 Å². The predicted octanol–water partition coefficient (Wildman–Crippen LogP) is 4.52. The number of hydrogen-bond donors (Lipinski definition) is 0. The van der Waals surface area contributed by atoms with Crippen LogP contribution in [0.1, 0.15) is 0 Å². The number of ether oxygens (including phenoxy) is 2. The molecule has 0 aromatic rings. The number of alkyl halides is 14. The van der Waals surface area contributed by atoms with Gasteiger partial charge in [0.05, 0.1) is 0 Å². The van der Waals surface area contributed by atoms with Crippen LogP contribution in [0.3, 0.4) is 0 Å². The fourth-order valence-electron chi connectivity index (χ4n) is 0.679. The molecule has 1 unspecified atom stereocenters. The van der Waals surface area contributed by atoms with Crippen molar-refractivity contribution in [2.75, 3.05) is 0 Å². The van der Waals surface area contributed by atoms with E-state index >= 15 is 0 Å². The summed E-state index contributed by atoms with van der Waals surface area (Å²) in [5.74, 6) is -7.46. The molecule has 134 valence electrons. The fourth-order valence-corrected chi connectivity index (χ4v) is 0.679. The van der Waals surface area contributed by atoms with E-state index in [0.717, 1.165) is 0 Å². The van der Waals surface area contributed by atoms with Crippen molar-refractivity contribution < 1.29 is 70.9 Å². The Balaban J connectivity index is 5.78. The summed E-state index contributed by atoms with van der Waals surface area (Å²) >= 11 is 0. The van der Waals surface area contributed by atoms with E-state index in [1.807, 2.05) is 0 Å². The van der Waals surface area contributed by atoms with E-state index in [9.17, 15) is 61.5 Å². The Morgan fingerprint density at radius 3 is 1.05 bits per heavy atom. The molecule has 1 atom stereocenters. The van der Waals surface area contributed by atoms with Crippen molar-refractivity contribution in [3.63, 3.8) is 0 Å². The summed E-state index contributed by atoms with van der Waals surface area (Å²) in [6.45, 7) is 0. The van der Waals surface area contributed by atoms with Gasteiger partial charge in [-0.3, -0.25) is 0 Å². The van der Waals surface area contributed by atoms with Crippen LogP contribution in [0, 0.1) is 0 Å². The van der Waals surface area contributed by atoms with Crippen molar-refractivity contribution in [2.24, 2.45) is 0 Å². The Hall–Kier alpha value is -1.06. The molecule has 0 aliphatic heterocycles. The standard InChI is InChI=1S/C6F14O2/c7-1(8,2(9,10)11)4(15,16)21-5(17,3(12,13)14)22-6(18,19)20. The molecule has 0 aromatic carbocycles. The molecule has 16 heteroatoms. The van der Waals surface area contributed by atoms with Crippen LogP contribution >= 0.6 is 0 Å². The van der Waals surface area contributed by atoms with E-state index in [0.29, 0.717) is 0 Å². The number of halogens is 14. The lowest BCUT2D eigenvalue weighted by molar-refractivity contribution is -0.570. The zero-order valence-electron chi connectivity index (χ0n) is 9.11. The fraction of sp³-hybridized carbons (Fsp3) is 1.00. The lowest BCUT2D eigenvalue weighted by Gasteiger charge is -2.34. The van der Waals surface area contributed by atoms with Gasteiger partial charge in [0.15, 0.2) is 0 Å². The first-order valence-corrected chi connectivity index (χ1v) is 4.21. The minimum absolute atomic E-state index is 1.42. The van der Waals surface area contributed by atoms with Crippen molar-refractivity contribution in [1.82, 2.24) is 0 Å². The summed E-state index contributed by atoms with van der Waals surface area (Å²) in [5, 5.41) is 0. The summed E-state index contributed by atoms with van der Waals surface area (Å²) in [4.78, 5) is 0. The second kappa shape index (κ2) is 5.24. The van der Waals surface area contributed by atoms with Gasteiger partial charge >= 0.3 is 36.8 Å². The summed E-state index contributed by atoms with van der Waals surface area (Å²) in [5.41, 5.74) is 0. The van der Waals surface area contributed by atoms with Crippen LogP contribution in [-0.4, -0.2) is 36.8 Å². The third-order valence-electron chi connectivity index (χ3n) is 1.57. The molecule has 0 aliphatic rings. The van der Waals surface area contributed by atoms with Gasteiger partial charge in [-0.25, -0.2) is 9.47 Å². The van der Waals surface area contributed by atoms with Crippen LogP contribution in [0.15, 0.2) is 0 Å². The number of rotatable bonds is 4. The van der Waals surface area contributed by atoms with Crippen molar-refractivity contribution in [3.8, 4) is 0 Å². The second-order valence-electron chi connectivity index (χ2n) is 3.27. The Kier molecular flexibility index (Phi) is 4.99. The van der Waals surface area contributed by atoms with Gasteiger partial charge in [-0.2, -0.15) is 48.3 Å². The topological polar surface area (TPSA) is 18.5 Å². The van der Waals surface area contributed by atoms with Crippen LogP contribution in [0.4, 0.5) is 61.5 Å². The van der Waals surface area contributed by atoms with Gasteiger partial charge in [0.1, 0.15) is 0 Å². The highest BCUT2D eigenvalue weighted by Gasteiger charge is 2.79. The Morgan fingerprint density at radius 1 is 0.455 bits per heavy atom. The zero-order valence-corrected chi connectivity index (χ0v) is 9.11. The molecule has 0 aliphatic carbocycles. The summed E-state index contributed by atoms with van der Waals surface area (Å²) in [7, 11) is 0. The highest BCUT2D eigenvalue weighted by molar-refractivity contribution is 4.87. The molecule has 22 heavy (non-hydrogen) atoms. The first kappa shape index (κ1) is 20.9. The Labute approximate surface area is 109 Å². The maximum Gasteiger partial charge on any atom is 0.527 e. The molecular formula is C6F14O2. The molecule has 0 radical (unpaired) electrons. The van der Waals surface area contributed by atoms with E-state index in [2.05, 4.69) is 0 Å². The largest absolute Gasteiger partial charge is 0.527 e. The summed E-state index contributed by atoms with van der Waals surface area (Å²) < 4.78 is 170. The van der Waals surface area contributed by atoms with Crippen LogP contribution in [0.2, 0.25) is 0 Å². The molecular weight excluding hydrogens is 370 g/mol. The van der Waals surface area contributed by atoms with Gasteiger partial charge in [-0.1, -0.05) is 0 Å². The SMILES string of the molecule is FC(F)(F)OC(F)(OC(F)(F)C(F)(F)C(F)(F)F)C(F)(F)F. The Bertz CT molecular complexity index is 390. The highest BCUT2D eigenvalue weighted by atomic mass is 19.4. The van der Waals surface area contributed by atoms with Gasteiger partial charge in [-0.05, 0) is 0 Å². The van der Waals surface area contributed by atoms with Crippen molar-refractivity contribution in [2.45, 2.75) is 36.8 Å². The molecule has 0 saturated heterocycles. The van der Waals surface area contributed by atoms with Gasteiger partial charge < -0.3 is 0 Å². The smallest absolute Gasteiger partial charge is 0.246 e. The lowest BCUT2D eigenvalue weighted by atomic mass is 10.3. The number of hydrogen-bond acceptors (Lipinski definition) is 2. The van der Waals surface area contributed by atoms with E-state index in [4.69, 9.17) is 0 Å². The van der Waals surface area contributed by atoms with Crippen LogP contribution in [0.5, 0.6) is 0 Å². The normalized spacial score (nSPS) is 18.3. The third kappa shape index (κ3) is 4.23. The van der Waals surface area contributed by atoms with Gasteiger partial charge in [0.25, 0.3) is 0 Å². The van der Waals surface area contributed by atoms with Crippen molar-refractivity contribution in [1.29, 1.82) is 0 Å². The van der Waals surface area contributed by atoms with Crippen LogP contribution in [0.25, 0.3) is 0 Å². The quantitative estimate of drug-likeness (QED) is 0.536. The summed E-state index contributed by atoms with van der Waals surface area (Å²) in [6.07, 6.45) is -28.6. The molecule has 0 rings (SSSR count). The molecule has 0 amide bonds. The maximum atomic E-state index is 12.7. The third-order valence-corrected chi connectivity index (χ3v) is 1.57. The monoisotopic (exact) mass is 370 g/mol. The summed E-state index contributed by atoms with van der Waals surface area (Å²) in [6, 6.07) is -7.02. The molecule has 0 heterocycles. The first-order valence-electron chi connectivity index (χ1n) is 4.21. The lowest BCUT2D eigenvalue weighted by Crippen LogP contribution is -2.60. The minimum Gasteiger partial charge on any atom is -0.246 e. The maximum absolute atomic E-state index is 12.7. The zero-order chi connectivity index (χ0) is 18.4. The second-order valence-corrected chi connectivity index (χ2v) is 3.27. The predicted molar refractivity (Wildman–Crippen MR) is 34.1 cm³/mol. The van der Waals surface area contributed by atoms with Gasteiger partial charge in [0.2, 0.25) is 0 Å². The average molecular weight is 370 g/mol. The van der Waals surface area contributed by atoms with Crippen molar-refractivity contribution in [3.05, 3.63) is 0 Å².